The molecule has 0 heterocycles. The average Bonchev–Trinajstić information content (AvgIpc) is 1.85. The summed E-state index contributed by atoms with van der Waals surface area (Å²) in [5, 5.41) is 0. The minimum absolute atomic E-state index is 0.500. The third kappa shape index (κ3) is 12.0. The summed E-state index contributed by atoms with van der Waals surface area (Å²) in [6.07, 6.45) is 0. The van der Waals surface area contributed by atoms with E-state index >= 15 is 0 Å². The summed E-state index contributed by atoms with van der Waals surface area (Å²) in [4.78, 5) is 0. The van der Waals surface area contributed by atoms with Crippen molar-refractivity contribution in [2.75, 3.05) is 0 Å². The fraction of sp³-hybridized carbons (Fsp3) is 0.500. The summed E-state index contributed by atoms with van der Waals surface area (Å²) in [6, 6.07) is 10.3. The van der Waals surface area contributed by atoms with Gasteiger partial charge in [0.2, 0.25) is 0 Å². The van der Waals surface area contributed by atoms with Crippen molar-refractivity contribution >= 4 is 0 Å². The van der Waals surface area contributed by atoms with Gasteiger partial charge in [-0.05, 0) is 12.3 Å². The van der Waals surface area contributed by atoms with Gasteiger partial charge >= 0.3 is 0 Å². The van der Waals surface area contributed by atoms with Gasteiger partial charge in [-0.1, -0.05) is 63.6 Å². The fourth-order valence-corrected chi connectivity index (χ4v) is 0.534. The Kier molecular flexibility index (Phi) is 4.65. The van der Waals surface area contributed by atoms with Gasteiger partial charge in [-0.25, -0.2) is 0 Å². The molecule has 0 aliphatic carbocycles. The molecule has 0 saturated heterocycles. The van der Waals surface area contributed by atoms with E-state index in [1.54, 1.807) is 0 Å². The quantitative estimate of drug-likeness (QED) is 0.542. The Hall–Kier alpha value is -0.780. The van der Waals surface area contributed by atoms with Crippen LogP contribution in [0.1, 0.15) is 33.3 Å². The molecule has 0 nitrogen and oxygen atoms in total. The summed E-state index contributed by atoms with van der Waals surface area (Å²) in [5.41, 5.74) is 1.82. The molecule has 0 fully saturated rings. The van der Waals surface area contributed by atoms with Crippen LogP contribution in [0, 0.1) is 12.3 Å². The van der Waals surface area contributed by atoms with Crippen molar-refractivity contribution in [3.05, 3.63) is 35.9 Å². The lowest BCUT2D eigenvalue weighted by atomic mass is 10.0. The summed E-state index contributed by atoms with van der Waals surface area (Å²) in [7, 11) is 0. The molecule has 1 aromatic carbocycles. The van der Waals surface area contributed by atoms with Gasteiger partial charge in [0.1, 0.15) is 0 Å². The average molecular weight is 164 g/mol. The number of rotatable bonds is 0. The van der Waals surface area contributed by atoms with Gasteiger partial charge in [0.25, 0.3) is 0 Å². The van der Waals surface area contributed by atoms with E-state index in [-0.39, 0.29) is 0 Å². The standard InChI is InChI=1S/C7H8.C5H12/c1-7-5-3-2-4-6-7;1-5(2,3)4/h2-6H,1H3;1-4H3. The third-order valence-corrected chi connectivity index (χ3v) is 0.940. The minimum Gasteiger partial charge on any atom is -0.0622 e. The first-order valence-electron chi connectivity index (χ1n) is 4.41. The molecule has 0 aliphatic heterocycles. The Balaban J connectivity index is 0.000000217. The first kappa shape index (κ1) is 11.2. The van der Waals surface area contributed by atoms with Crippen molar-refractivity contribution in [3.63, 3.8) is 0 Å². The lowest BCUT2D eigenvalue weighted by Gasteiger charge is -2.05. The van der Waals surface area contributed by atoms with Gasteiger partial charge in [0, 0.05) is 0 Å². The maximum absolute atomic E-state index is 2.19. The monoisotopic (exact) mass is 164 g/mol. The molecule has 0 N–H and O–H groups in total. The van der Waals surface area contributed by atoms with Crippen LogP contribution < -0.4 is 0 Å². The van der Waals surface area contributed by atoms with E-state index in [9.17, 15) is 0 Å². The smallest absolute Gasteiger partial charge is 0.0398 e. The Morgan fingerprint density at radius 1 is 0.833 bits per heavy atom. The van der Waals surface area contributed by atoms with Gasteiger partial charge in [-0.15, -0.1) is 0 Å². The molecule has 1 rings (SSSR count). The van der Waals surface area contributed by atoms with Gasteiger partial charge in [-0.2, -0.15) is 0 Å². The Morgan fingerprint density at radius 3 is 1.33 bits per heavy atom. The van der Waals surface area contributed by atoms with E-state index in [1.807, 2.05) is 18.2 Å². The highest BCUT2D eigenvalue weighted by atomic mass is 14.0. The third-order valence-electron chi connectivity index (χ3n) is 0.940. The zero-order valence-corrected chi connectivity index (χ0v) is 8.89. The topological polar surface area (TPSA) is 0 Å². The fourth-order valence-electron chi connectivity index (χ4n) is 0.534. The highest BCUT2D eigenvalue weighted by Gasteiger charge is 1.95. The highest BCUT2D eigenvalue weighted by molar-refractivity contribution is 5.11. The second-order valence-corrected chi connectivity index (χ2v) is 4.65. The largest absolute Gasteiger partial charge is 0.0622 e. The molecule has 0 unspecified atom stereocenters. The van der Waals surface area contributed by atoms with E-state index in [0.29, 0.717) is 5.41 Å². The second-order valence-electron chi connectivity index (χ2n) is 4.65. The van der Waals surface area contributed by atoms with Crippen molar-refractivity contribution < 1.29 is 0 Å². The molecular formula is C12H20. The molecule has 0 atom stereocenters. The van der Waals surface area contributed by atoms with Crippen LogP contribution in [0.3, 0.4) is 0 Å². The molecule has 0 spiro atoms. The molecule has 0 radical (unpaired) electrons. The molecule has 0 bridgehead atoms. The number of hydrogen-bond donors (Lipinski definition) is 0. The van der Waals surface area contributed by atoms with Crippen LogP contribution in [0.15, 0.2) is 30.3 Å². The molecule has 0 heteroatoms. The Labute approximate surface area is 76.6 Å². The summed E-state index contributed by atoms with van der Waals surface area (Å²) >= 11 is 0. The van der Waals surface area contributed by atoms with Crippen molar-refractivity contribution in [1.82, 2.24) is 0 Å². The summed E-state index contributed by atoms with van der Waals surface area (Å²) in [5.74, 6) is 0. The zero-order chi connectivity index (χ0) is 9.61. The lowest BCUT2D eigenvalue weighted by molar-refractivity contribution is 0.469. The van der Waals surface area contributed by atoms with E-state index < -0.39 is 0 Å². The van der Waals surface area contributed by atoms with Crippen LogP contribution in [0.4, 0.5) is 0 Å². The van der Waals surface area contributed by atoms with E-state index in [1.165, 1.54) is 5.56 Å². The normalized spacial score (nSPS) is 10.1. The highest BCUT2D eigenvalue weighted by Crippen LogP contribution is 2.08. The van der Waals surface area contributed by atoms with Gasteiger partial charge < -0.3 is 0 Å². The summed E-state index contributed by atoms with van der Waals surface area (Å²) < 4.78 is 0. The van der Waals surface area contributed by atoms with Crippen LogP contribution in [0.5, 0.6) is 0 Å². The molecule has 0 saturated carbocycles. The van der Waals surface area contributed by atoms with Gasteiger partial charge in [0.05, 0.1) is 0 Å². The molecule has 12 heavy (non-hydrogen) atoms. The molecule has 0 aromatic heterocycles. The van der Waals surface area contributed by atoms with Crippen LogP contribution in [-0.4, -0.2) is 0 Å². The first-order valence-corrected chi connectivity index (χ1v) is 4.41. The number of benzene rings is 1. The maximum Gasteiger partial charge on any atom is -0.0398 e. The van der Waals surface area contributed by atoms with E-state index in [2.05, 4.69) is 46.8 Å². The lowest BCUT2D eigenvalue weighted by Crippen LogP contribution is -1.93. The van der Waals surface area contributed by atoms with Crippen molar-refractivity contribution in [2.24, 2.45) is 5.41 Å². The predicted octanol–water partition coefficient (Wildman–Crippen LogP) is 4.05. The van der Waals surface area contributed by atoms with Crippen LogP contribution in [-0.2, 0) is 0 Å². The number of aryl methyl sites for hydroxylation is 1. The minimum atomic E-state index is 0.500. The van der Waals surface area contributed by atoms with Crippen LogP contribution in [0.2, 0.25) is 0 Å². The zero-order valence-electron chi connectivity index (χ0n) is 8.89. The summed E-state index contributed by atoms with van der Waals surface area (Å²) in [6.45, 7) is 10.8. The van der Waals surface area contributed by atoms with Crippen molar-refractivity contribution in [3.8, 4) is 0 Å². The molecule has 0 amide bonds. The Bertz CT molecular complexity index is 185. The molecule has 0 aliphatic rings. The van der Waals surface area contributed by atoms with Crippen LogP contribution in [0.25, 0.3) is 0 Å². The first-order chi connectivity index (χ1) is 5.39. The molecule has 1 aromatic rings. The van der Waals surface area contributed by atoms with Gasteiger partial charge in [-0.3, -0.25) is 0 Å². The van der Waals surface area contributed by atoms with Crippen LogP contribution >= 0.6 is 0 Å². The maximum atomic E-state index is 2.19. The number of hydrogen-bond acceptors (Lipinski definition) is 0. The SMILES string of the molecule is CC(C)(C)C.Cc1ccccc1. The second kappa shape index (κ2) is 4.97. The molecule has 68 valence electrons. The molecular weight excluding hydrogens is 144 g/mol. The predicted molar refractivity (Wildman–Crippen MR) is 56.3 cm³/mol. The van der Waals surface area contributed by atoms with E-state index in [0.717, 1.165) is 0 Å². The van der Waals surface area contributed by atoms with Crippen molar-refractivity contribution in [1.29, 1.82) is 0 Å². The van der Waals surface area contributed by atoms with E-state index in [4.69, 9.17) is 0 Å². The Morgan fingerprint density at radius 2 is 1.17 bits per heavy atom. The van der Waals surface area contributed by atoms with Crippen molar-refractivity contribution in [2.45, 2.75) is 34.6 Å². The van der Waals surface area contributed by atoms with Gasteiger partial charge in [0.15, 0.2) is 0 Å².